The highest BCUT2D eigenvalue weighted by Crippen LogP contribution is 2.36. The van der Waals surface area contributed by atoms with Crippen LogP contribution in [0.15, 0.2) is 42.7 Å². The molecule has 0 bridgehead atoms. The molecule has 2 N–H and O–H groups in total. The van der Waals surface area contributed by atoms with Gasteiger partial charge < -0.3 is 20.1 Å². The van der Waals surface area contributed by atoms with Crippen molar-refractivity contribution in [2.45, 2.75) is 83.4 Å². The molecule has 2 fully saturated rings. The van der Waals surface area contributed by atoms with E-state index in [1.165, 1.54) is 30.6 Å². The van der Waals surface area contributed by atoms with E-state index in [4.69, 9.17) is 19.6 Å². The van der Waals surface area contributed by atoms with Crippen LogP contribution in [0, 0.1) is 12.8 Å². The first-order valence-corrected chi connectivity index (χ1v) is 15.5. The van der Waals surface area contributed by atoms with Gasteiger partial charge in [0.05, 0.1) is 19.8 Å². The number of carbonyl (C=O) groups excluding carboxylic acids is 1. The minimum absolute atomic E-state index is 0.0210. The van der Waals surface area contributed by atoms with E-state index < -0.39 is 0 Å². The van der Waals surface area contributed by atoms with Gasteiger partial charge >= 0.3 is 0 Å². The fraction of sp³-hybridized carbons (Fsp3) is 0.484. The third-order valence-corrected chi connectivity index (χ3v) is 9.05. The number of carbonyl (C=O) groups is 1. The van der Waals surface area contributed by atoms with Gasteiger partial charge in [0.15, 0.2) is 16.6 Å². The SMILES string of the molecule is COc1ccc(Cn2nc(NC3CCCCC3)c3c(OC4CCC(C(=O)Nc5ncc(C)s5)CC4)ccnc32)cc1. The number of hydrogen-bond acceptors (Lipinski definition) is 8. The van der Waals surface area contributed by atoms with E-state index in [-0.39, 0.29) is 17.9 Å². The third kappa shape index (κ3) is 6.48. The van der Waals surface area contributed by atoms with E-state index in [0.29, 0.717) is 17.7 Å². The summed E-state index contributed by atoms with van der Waals surface area (Å²) < 4.78 is 13.9. The summed E-state index contributed by atoms with van der Waals surface area (Å²) in [5.74, 6) is 2.52. The molecule has 2 aliphatic carbocycles. The first kappa shape index (κ1) is 27.5. The second kappa shape index (κ2) is 12.5. The highest BCUT2D eigenvalue weighted by molar-refractivity contribution is 7.15. The van der Waals surface area contributed by atoms with E-state index in [1.807, 2.05) is 36.0 Å². The standard InChI is InChI=1S/C31H38N6O3S/c1-20-18-33-31(41-20)35-30(38)22-10-14-25(15-11-22)40-26-16-17-32-29-27(26)28(34-23-6-4-3-5-7-23)36-37(29)19-21-8-12-24(39-2)13-9-21/h8-9,12-13,16-18,22-23,25H,3-7,10-11,14-15,19H2,1-2H3,(H,34,36)(H,33,35,38). The first-order chi connectivity index (χ1) is 20.1. The summed E-state index contributed by atoms with van der Waals surface area (Å²) >= 11 is 1.51. The van der Waals surface area contributed by atoms with Gasteiger partial charge in [0.2, 0.25) is 5.91 Å². The minimum Gasteiger partial charge on any atom is -0.497 e. The quantitative estimate of drug-likeness (QED) is 0.233. The number of ether oxygens (including phenoxy) is 2. The molecule has 10 heteroatoms. The van der Waals surface area contributed by atoms with Crippen LogP contribution >= 0.6 is 11.3 Å². The molecule has 2 saturated carbocycles. The maximum absolute atomic E-state index is 12.8. The molecule has 1 amide bonds. The number of rotatable bonds is 9. The number of aromatic nitrogens is 4. The molecule has 0 spiro atoms. The Bertz CT molecular complexity index is 1470. The van der Waals surface area contributed by atoms with Crippen LogP contribution in [0.5, 0.6) is 11.5 Å². The lowest BCUT2D eigenvalue weighted by Crippen LogP contribution is -2.31. The molecule has 0 saturated heterocycles. The fourth-order valence-electron chi connectivity index (χ4n) is 5.97. The molecule has 6 rings (SSSR count). The Balaban J connectivity index is 1.19. The Labute approximate surface area is 244 Å². The molecule has 0 aliphatic heterocycles. The van der Waals surface area contributed by atoms with Crippen LogP contribution in [0.1, 0.15) is 68.2 Å². The average Bonchev–Trinajstić information content (AvgIpc) is 3.57. The lowest BCUT2D eigenvalue weighted by atomic mass is 9.87. The van der Waals surface area contributed by atoms with Crippen molar-refractivity contribution in [3.05, 3.63) is 53.2 Å². The van der Waals surface area contributed by atoms with Crippen molar-refractivity contribution in [3.8, 4) is 11.5 Å². The van der Waals surface area contributed by atoms with Crippen LogP contribution in [0.25, 0.3) is 11.0 Å². The van der Waals surface area contributed by atoms with Crippen LogP contribution in [0.2, 0.25) is 0 Å². The van der Waals surface area contributed by atoms with Crippen LogP contribution in [0.3, 0.4) is 0 Å². The predicted octanol–water partition coefficient (Wildman–Crippen LogP) is 6.57. The minimum atomic E-state index is -0.0210. The first-order valence-electron chi connectivity index (χ1n) is 14.7. The van der Waals surface area contributed by atoms with Crippen molar-refractivity contribution in [3.63, 3.8) is 0 Å². The number of anilines is 2. The zero-order chi connectivity index (χ0) is 28.2. The van der Waals surface area contributed by atoms with Crippen molar-refractivity contribution in [1.29, 1.82) is 0 Å². The molecule has 3 heterocycles. The highest BCUT2D eigenvalue weighted by atomic mass is 32.1. The van der Waals surface area contributed by atoms with E-state index in [0.717, 1.165) is 77.3 Å². The van der Waals surface area contributed by atoms with Crippen LogP contribution in [-0.4, -0.2) is 44.9 Å². The van der Waals surface area contributed by atoms with Crippen molar-refractivity contribution in [2.24, 2.45) is 5.92 Å². The average molecular weight is 575 g/mol. The summed E-state index contributed by atoms with van der Waals surface area (Å²) in [5.41, 5.74) is 1.93. The largest absolute Gasteiger partial charge is 0.497 e. The van der Waals surface area contributed by atoms with Gasteiger partial charge in [-0.25, -0.2) is 14.6 Å². The van der Waals surface area contributed by atoms with Crippen molar-refractivity contribution in [1.82, 2.24) is 19.7 Å². The Morgan fingerprint density at radius 3 is 2.51 bits per heavy atom. The predicted molar refractivity (Wildman–Crippen MR) is 162 cm³/mol. The Morgan fingerprint density at radius 1 is 1.02 bits per heavy atom. The third-order valence-electron chi connectivity index (χ3n) is 8.22. The number of thiazole rings is 1. The molecule has 9 nitrogen and oxygen atoms in total. The topological polar surface area (TPSA) is 103 Å². The fourth-order valence-corrected chi connectivity index (χ4v) is 6.63. The van der Waals surface area contributed by atoms with Gasteiger partial charge in [-0.15, -0.1) is 11.3 Å². The van der Waals surface area contributed by atoms with Crippen molar-refractivity contribution < 1.29 is 14.3 Å². The lowest BCUT2D eigenvalue weighted by Gasteiger charge is -2.28. The highest BCUT2D eigenvalue weighted by Gasteiger charge is 2.29. The van der Waals surface area contributed by atoms with E-state index in [1.54, 1.807) is 13.3 Å². The van der Waals surface area contributed by atoms with Crippen molar-refractivity contribution in [2.75, 3.05) is 17.7 Å². The van der Waals surface area contributed by atoms with Crippen LogP contribution in [0.4, 0.5) is 10.9 Å². The Hall–Kier alpha value is -3.66. The molecule has 3 aromatic heterocycles. The van der Waals surface area contributed by atoms with Gasteiger partial charge in [0.1, 0.15) is 16.9 Å². The van der Waals surface area contributed by atoms with E-state index >= 15 is 0 Å². The maximum atomic E-state index is 12.8. The number of amides is 1. The maximum Gasteiger partial charge on any atom is 0.229 e. The van der Waals surface area contributed by atoms with E-state index in [2.05, 4.69) is 27.8 Å². The van der Waals surface area contributed by atoms with Gasteiger partial charge in [-0.05, 0) is 69.2 Å². The van der Waals surface area contributed by atoms with Gasteiger partial charge in [-0.1, -0.05) is 31.4 Å². The zero-order valence-corrected chi connectivity index (χ0v) is 24.6. The summed E-state index contributed by atoms with van der Waals surface area (Å²) in [5, 5.41) is 13.4. The molecule has 216 valence electrons. The molecule has 0 unspecified atom stereocenters. The number of benzene rings is 1. The number of hydrogen-bond donors (Lipinski definition) is 2. The second-order valence-electron chi connectivity index (χ2n) is 11.2. The number of pyridine rings is 1. The molecule has 0 radical (unpaired) electrons. The molecule has 4 aromatic rings. The van der Waals surface area contributed by atoms with Crippen molar-refractivity contribution >= 4 is 39.2 Å². The molecular weight excluding hydrogens is 536 g/mol. The van der Waals surface area contributed by atoms with Gasteiger partial charge in [0.25, 0.3) is 0 Å². The summed E-state index contributed by atoms with van der Waals surface area (Å²) in [6.45, 7) is 2.59. The van der Waals surface area contributed by atoms with Gasteiger partial charge in [-0.3, -0.25) is 4.79 Å². The molecule has 0 atom stereocenters. The Kier molecular flexibility index (Phi) is 8.36. The van der Waals surface area contributed by atoms with Crippen LogP contribution in [-0.2, 0) is 11.3 Å². The second-order valence-corrected chi connectivity index (χ2v) is 12.4. The zero-order valence-electron chi connectivity index (χ0n) is 23.8. The number of nitrogens with zero attached hydrogens (tertiary/aromatic N) is 4. The number of methoxy groups -OCH3 is 1. The van der Waals surface area contributed by atoms with Gasteiger partial charge in [-0.2, -0.15) is 5.10 Å². The summed E-state index contributed by atoms with van der Waals surface area (Å²) in [6.07, 6.45) is 12.9. The Morgan fingerprint density at radius 2 is 1.80 bits per heavy atom. The van der Waals surface area contributed by atoms with Crippen LogP contribution < -0.4 is 20.1 Å². The molecule has 1 aromatic carbocycles. The smallest absolute Gasteiger partial charge is 0.229 e. The monoisotopic (exact) mass is 574 g/mol. The molecular formula is C31H38N6O3S. The summed E-state index contributed by atoms with van der Waals surface area (Å²) in [7, 11) is 1.68. The van der Waals surface area contributed by atoms with Gasteiger partial charge in [0, 0.05) is 29.2 Å². The number of fused-ring (bicyclic) bond motifs is 1. The number of aryl methyl sites for hydroxylation is 1. The lowest BCUT2D eigenvalue weighted by molar-refractivity contribution is -0.121. The van der Waals surface area contributed by atoms with E-state index in [9.17, 15) is 4.79 Å². The number of nitrogens with one attached hydrogen (secondary N) is 2. The molecule has 41 heavy (non-hydrogen) atoms. The normalized spacial score (nSPS) is 19.7. The molecule has 2 aliphatic rings. The summed E-state index contributed by atoms with van der Waals surface area (Å²) in [4.78, 5) is 22.9. The summed E-state index contributed by atoms with van der Waals surface area (Å²) in [6, 6.07) is 10.4.